The molecule has 0 unspecified atom stereocenters. The maximum Gasteiger partial charge on any atom is 0.245 e. The Balaban J connectivity index is 1.41. The van der Waals surface area contributed by atoms with Gasteiger partial charge in [-0.3, -0.25) is 14.5 Å². The van der Waals surface area contributed by atoms with E-state index in [1.165, 1.54) is 0 Å². The number of ether oxygens (including phenoxy) is 1. The molecule has 4 fully saturated rings. The molecule has 5 heterocycles. The number of amides is 2. The highest BCUT2D eigenvalue weighted by Gasteiger charge is 2.52. The highest BCUT2D eigenvalue weighted by molar-refractivity contribution is 5.89. The van der Waals surface area contributed by atoms with Gasteiger partial charge in [0.05, 0.1) is 13.2 Å². The van der Waals surface area contributed by atoms with E-state index in [4.69, 9.17) is 4.74 Å². The molecule has 0 saturated carbocycles. The quantitative estimate of drug-likeness (QED) is 0.703. The van der Waals surface area contributed by atoms with Crippen molar-refractivity contribution in [1.29, 1.82) is 0 Å². The molecular weight excluding hydrogens is 384 g/mol. The molecule has 1 aromatic heterocycles. The molecule has 164 valence electrons. The summed E-state index contributed by atoms with van der Waals surface area (Å²) in [5.41, 5.74) is 0. The SMILES string of the molecule is Cn1cnnc1CN1C[C@H]2C[C@@H](C1)[C@H](C(=O)N1CCCOCC1)N1C(=O)CCC[C@@H]21. The third kappa shape index (κ3) is 3.62. The van der Waals surface area contributed by atoms with Crippen molar-refractivity contribution in [3.63, 3.8) is 0 Å². The minimum absolute atomic E-state index is 0.129. The lowest BCUT2D eigenvalue weighted by atomic mass is 9.71. The van der Waals surface area contributed by atoms with Crippen LogP contribution in [0.25, 0.3) is 0 Å². The van der Waals surface area contributed by atoms with Crippen molar-refractivity contribution in [3.8, 4) is 0 Å². The lowest BCUT2D eigenvalue weighted by Gasteiger charge is -2.56. The van der Waals surface area contributed by atoms with Crippen molar-refractivity contribution in [3.05, 3.63) is 12.2 Å². The topological polar surface area (TPSA) is 83.8 Å². The first-order valence-corrected chi connectivity index (χ1v) is 11.3. The number of aromatic nitrogens is 3. The average molecular weight is 417 g/mol. The molecule has 9 nitrogen and oxygen atoms in total. The number of carbonyl (C=O) groups excluding carboxylic acids is 2. The fraction of sp³-hybridized carbons (Fsp3) is 0.810. The Labute approximate surface area is 177 Å². The van der Waals surface area contributed by atoms with Crippen LogP contribution in [0.5, 0.6) is 0 Å². The molecule has 9 heteroatoms. The van der Waals surface area contributed by atoms with Gasteiger partial charge in [0.1, 0.15) is 18.2 Å². The summed E-state index contributed by atoms with van der Waals surface area (Å²) in [5.74, 6) is 1.85. The van der Waals surface area contributed by atoms with E-state index in [1.54, 1.807) is 6.33 Å². The Morgan fingerprint density at radius 1 is 1.20 bits per heavy atom. The van der Waals surface area contributed by atoms with Gasteiger partial charge >= 0.3 is 0 Å². The van der Waals surface area contributed by atoms with Crippen LogP contribution < -0.4 is 0 Å². The molecule has 0 aliphatic carbocycles. The number of rotatable bonds is 3. The Bertz CT molecular complexity index is 789. The summed E-state index contributed by atoms with van der Waals surface area (Å²) in [7, 11) is 1.97. The number of likely N-dealkylation sites (tertiary alicyclic amines) is 1. The zero-order valence-corrected chi connectivity index (χ0v) is 17.8. The van der Waals surface area contributed by atoms with Crippen LogP contribution in [0.4, 0.5) is 0 Å². The molecule has 0 radical (unpaired) electrons. The van der Waals surface area contributed by atoms with Crippen LogP contribution in [0.1, 0.15) is 37.9 Å². The van der Waals surface area contributed by atoms with Crippen molar-refractivity contribution in [2.75, 3.05) is 39.4 Å². The summed E-state index contributed by atoms with van der Waals surface area (Å²) in [4.78, 5) is 33.1. The molecule has 5 rings (SSSR count). The summed E-state index contributed by atoms with van der Waals surface area (Å²) in [6, 6.07) is -0.151. The Hall–Kier alpha value is -2.00. The molecular formula is C21H32N6O3. The van der Waals surface area contributed by atoms with Crippen LogP contribution >= 0.6 is 0 Å². The lowest BCUT2D eigenvalue weighted by molar-refractivity contribution is -0.165. The van der Waals surface area contributed by atoms with Crippen LogP contribution in [0.15, 0.2) is 6.33 Å². The number of hydrogen-bond donors (Lipinski definition) is 0. The van der Waals surface area contributed by atoms with Gasteiger partial charge in [-0.05, 0) is 31.6 Å². The van der Waals surface area contributed by atoms with Crippen LogP contribution in [-0.2, 0) is 27.9 Å². The van der Waals surface area contributed by atoms with Crippen LogP contribution in [0, 0.1) is 11.8 Å². The van der Waals surface area contributed by atoms with Gasteiger partial charge in [0.15, 0.2) is 0 Å². The van der Waals surface area contributed by atoms with Crippen molar-refractivity contribution < 1.29 is 14.3 Å². The standard InChI is InChI=1S/C21H32N6O3/c1-24-14-22-23-18(24)13-25-11-15-10-16(12-25)20(27-17(15)4-2-5-19(27)28)21(29)26-6-3-8-30-9-7-26/h14-17,20H,2-13H2,1H3/t15-,16+,17+,20-/m1/s1. The molecule has 4 atom stereocenters. The number of nitrogens with zero attached hydrogens (tertiary/aromatic N) is 6. The average Bonchev–Trinajstić information content (AvgIpc) is 2.97. The minimum Gasteiger partial charge on any atom is -0.380 e. The van der Waals surface area contributed by atoms with E-state index >= 15 is 0 Å². The van der Waals surface area contributed by atoms with E-state index in [9.17, 15) is 9.59 Å². The van der Waals surface area contributed by atoms with Gasteiger partial charge in [-0.1, -0.05) is 0 Å². The number of fused-ring (bicyclic) bond motifs is 4. The van der Waals surface area contributed by atoms with Crippen molar-refractivity contribution in [2.45, 2.75) is 50.7 Å². The Morgan fingerprint density at radius 3 is 2.90 bits per heavy atom. The third-order valence-electron chi connectivity index (χ3n) is 7.37. The second-order valence-electron chi connectivity index (χ2n) is 9.30. The maximum absolute atomic E-state index is 13.7. The van der Waals surface area contributed by atoms with Gasteiger partial charge in [-0.2, -0.15) is 0 Å². The monoisotopic (exact) mass is 416 g/mol. The van der Waals surface area contributed by atoms with Crippen LogP contribution in [0.2, 0.25) is 0 Å². The molecule has 1 aromatic rings. The zero-order valence-electron chi connectivity index (χ0n) is 17.8. The fourth-order valence-electron chi connectivity index (χ4n) is 6.00. The van der Waals surface area contributed by atoms with Crippen molar-refractivity contribution in [1.82, 2.24) is 29.5 Å². The highest BCUT2D eigenvalue weighted by atomic mass is 16.5. The lowest BCUT2D eigenvalue weighted by Crippen LogP contribution is -2.68. The summed E-state index contributed by atoms with van der Waals surface area (Å²) in [5, 5.41) is 8.26. The predicted octanol–water partition coefficient (Wildman–Crippen LogP) is 0.265. The van der Waals surface area contributed by atoms with Gasteiger partial charge in [-0.25, -0.2) is 0 Å². The van der Waals surface area contributed by atoms with Gasteiger partial charge in [0.2, 0.25) is 11.8 Å². The smallest absolute Gasteiger partial charge is 0.245 e. The number of piperidine rings is 3. The molecule has 4 aliphatic heterocycles. The van der Waals surface area contributed by atoms with E-state index < -0.39 is 0 Å². The second-order valence-corrected chi connectivity index (χ2v) is 9.30. The fourth-order valence-corrected chi connectivity index (χ4v) is 6.00. The van der Waals surface area contributed by atoms with Crippen LogP contribution in [0.3, 0.4) is 0 Å². The van der Waals surface area contributed by atoms with E-state index in [0.717, 1.165) is 57.7 Å². The van der Waals surface area contributed by atoms with Gasteiger partial charge in [0, 0.05) is 58.2 Å². The molecule has 2 amide bonds. The number of carbonyl (C=O) groups is 2. The first-order chi connectivity index (χ1) is 14.6. The molecule has 2 bridgehead atoms. The highest BCUT2D eigenvalue weighted by Crippen LogP contribution is 2.42. The van der Waals surface area contributed by atoms with Gasteiger partial charge in [-0.15, -0.1) is 10.2 Å². The predicted molar refractivity (Wildman–Crippen MR) is 108 cm³/mol. The van der Waals surface area contributed by atoms with Gasteiger partial charge in [0.25, 0.3) is 0 Å². The second kappa shape index (κ2) is 8.26. The van der Waals surface area contributed by atoms with Gasteiger partial charge < -0.3 is 19.1 Å². The molecule has 0 aromatic carbocycles. The summed E-state index contributed by atoms with van der Waals surface area (Å²) in [6.45, 7) is 5.15. The number of hydrogen-bond acceptors (Lipinski definition) is 6. The first kappa shape index (κ1) is 19.9. The molecule has 0 spiro atoms. The number of aryl methyl sites for hydroxylation is 1. The van der Waals surface area contributed by atoms with E-state index in [-0.39, 0.29) is 29.8 Å². The normalized spacial score (nSPS) is 32.6. The minimum atomic E-state index is -0.334. The largest absolute Gasteiger partial charge is 0.380 e. The van der Waals surface area contributed by atoms with E-state index in [0.29, 0.717) is 32.1 Å². The molecule has 4 aliphatic rings. The maximum atomic E-state index is 13.7. The van der Waals surface area contributed by atoms with Crippen molar-refractivity contribution >= 4 is 11.8 Å². The molecule has 4 saturated heterocycles. The van der Waals surface area contributed by atoms with E-state index in [1.807, 2.05) is 21.4 Å². The summed E-state index contributed by atoms with van der Waals surface area (Å²) >= 11 is 0. The Kier molecular flexibility index (Phi) is 5.49. The first-order valence-electron chi connectivity index (χ1n) is 11.3. The van der Waals surface area contributed by atoms with E-state index in [2.05, 4.69) is 15.1 Å². The Morgan fingerprint density at radius 2 is 2.07 bits per heavy atom. The van der Waals surface area contributed by atoms with Crippen molar-refractivity contribution in [2.24, 2.45) is 18.9 Å². The van der Waals surface area contributed by atoms with Crippen LogP contribution in [-0.4, -0.2) is 92.8 Å². The third-order valence-corrected chi connectivity index (χ3v) is 7.37. The summed E-state index contributed by atoms with van der Waals surface area (Å²) in [6.07, 6.45) is 6.14. The molecule has 0 N–H and O–H groups in total. The molecule has 30 heavy (non-hydrogen) atoms. The zero-order chi connectivity index (χ0) is 20.7. The summed E-state index contributed by atoms with van der Waals surface area (Å²) < 4.78 is 7.52.